The molecule has 0 aliphatic carbocycles. The van der Waals surface area contributed by atoms with Gasteiger partial charge < -0.3 is 10.2 Å². The summed E-state index contributed by atoms with van der Waals surface area (Å²) >= 11 is 3.38. The molecular weight excluding hydrogens is 512 g/mol. The number of anilines is 4. The average Bonchev–Trinajstić information content (AvgIpc) is 2.84. The Morgan fingerprint density at radius 2 is 1.57 bits per heavy atom. The summed E-state index contributed by atoms with van der Waals surface area (Å²) in [6, 6.07) is 20.4. The van der Waals surface area contributed by atoms with Crippen LogP contribution in [0.2, 0.25) is 0 Å². The summed E-state index contributed by atoms with van der Waals surface area (Å²) in [5.41, 5.74) is 2.33. The maximum Gasteiger partial charge on any atom is 0.294 e. The molecule has 1 aliphatic heterocycles. The summed E-state index contributed by atoms with van der Waals surface area (Å²) in [5, 5.41) is 16.0. The van der Waals surface area contributed by atoms with Crippen LogP contribution in [0.15, 0.2) is 77.3 Å². The lowest BCUT2D eigenvalue weighted by atomic mass is 9.91. The number of carbonyl (C=O) groups is 2. The first kappa shape index (κ1) is 22.5. The highest BCUT2D eigenvalue weighted by atomic mass is 79.9. The van der Waals surface area contributed by atoms with Gasteiger partial charge in [-0.3, -0.25) is 19.7 Å². The summed E-state index contributed by atoms with van der Waals surface area (Å²) in [6.07, 6.45) is 0. The molecule has 0 unspecified atom stereocenters. The minimum atomic E-state index is -0.602. The van der Waals surface area contributed by atoms with Crippen molar-refractivity contribution in [2.75, 3.05) is 29.2 Å². The Labute approximate surface area is 209 Å². The first-order valence-corrected chi connectivity index (χ1v) is 11.5. The van der Waals surface area contributed by atoms with E-state index in [0.717, 1.165) is 15.1 Å². The third-order valence-electron chi connectivity index (χ3n) is 5.94. The summed E-state index contributed by atoms with van der Waals surface area (Å²) in [4.78, 5) is 41.6. The third-order valence-corrected chi connectivity index (χ3v) is 6.47. The molecule has 0 saturated carbocycles. The number of nitro benzene ring substituents is 1. The maximum atomic E-state index is 13.6. The normalized spacial score (nSPS) is 12.7. The maximum absolute atomic E-state index is 13.6. The second-order valence-corrected chi connectivity index (χ2v) is 9.21. The van der Waals surface area contributed by atoms with Crippen molar-refractivity contribution >= 4 is 67.0 Å². The van der Waals surface area contributed by atoms with Crippen LogP contribution in [-0.2, 0) is 0 Å². The first-order valence-electron chi connectivity index (χ1n) is 10.7. The molecule has 1 heterocycles. The van der Waals surface area contributed by atoms with E-state index in [4.69, 9.17) is 0 Å². The minimum absolute atomic E-state index is 0.111. The smallest absolute Gasteiger partial charge is 0.294 e. The number of nitro groups is 1. The van der Waals surface area contributed by atoms with Gasteiger partial charge in [0.15, 0.2) is 0 Å². The van der Waals surface area contributed by atoms with E-state index in [1.54, 1.807) is 54.6 Å². The van der Waals surface area contributed by atoms with Gasteiger partial charge in [0.1, 0.15) is 5.69 Å². The molecule has 174 valence electrons. The largest absolute Gasteiger partial charge is 0.378 e. The molecule has 2 amide bonds. The van der Waals surface area contributed by atoms with Crippen molar-refractivity contribution in [3.05, 3.63) is 98.5 Å². The number of nitrogens with one attached hydrogen (secondary N) is 1. The highest BCUT2D eigenvalue weighted by Gasteiger charge is 2.37. The third kappa shape index (κ3) is 3.79. The molecule has 0 spiro atoms. The van der Waals surface area contributed by atoms with E-state index in [0.29, 0.717) is 27.7 Å². The summed E-state index contributed by atoms with van der Waals surface area (Å²) in [5.74, 6) is -1.08. The summed E-state index contributed by atoms with van der Waals surface area (Å²) in [7, 11) is 3.78. The molecule has 0 atom stereocenters. The Morgan fingerprint density at radius 1 is 0.914 bits per heavy atom. The van der Waals surface area contributed by atoms with Gasteiger partial charge in [0, 0.05) is 52.3 Å². The molecule has 0 saturated heterocycles. The van der Waals surface area contributed by atoms with Crippen molar-refractivity contribution in [3.63, 3.8) is 0 Å². The second kappa shape index (κ2) is 8.52. The van der Waals surface area contributed by atoms with Crippen molar-refractivity contribution < 1.29 is 14.5 Å². The van der Waals surface area contributed by atoms with Gasteiger partial charge in [-0.15, -0.1) is 0 Å². The Hall–Kier alpha value is -4.24. The topological polar surface area (TPSA) is 95.8 Å². The van der Waals surface area contributed by atoms with Crippen LogP contribution in [0.1, 0.15) is 20.7 Å². The summed E-state index contributed by atoms with van der Waals surface area (Å²) < 4.78 is 0.865. The van der Waals surface area contributed by atoms with Crippen LogP contribution in [-0.4, -0.2) is 30.8 Å². The van der Waals surface area contributed by atoms with Crippen molar-refractivity contribution in [2.45, 2.75) is 0 Å². The van der Waals surface area contributed by atoms with E-state index >= 15 is 0 Å². The lowest BCUT2D eigenvalue weighted by Crippen LogP contribution is -2.40. The fraction of sp³-hybridized carbons (Fsp3) is 0.0769. The predicted octanol–water partition coefficient (Wildman–Crippen LogP) is 6.12. The van der Waals surface area contributed by atoms with Gasteiger partial charge in [-0.05, 0) is 54.6 Å². The molecule has 1 aliphatic rings. The SMILES string of the molecule is CN(C)c1ccc(N2C(=O)c3cccc4c(Nc5ccc(Br)cc5)c([N+](=O)[O-])cc(c34)C2=O)cc1. The Morgan fingerprint density at radius 3 is 2.20 bits per heavy atom. The number of hydrogen-bond donors (Lipinski definition) is 1. The Bertz CT molecular complexity index is 1520. The fourth-order valence-corrected chi connectivity index (χ4v) is 4.50. The zero-order valence-electron chi connectivity index (χ0n) is 18.8. The van der Waals surface area contributed by atoms with E-state index in [1.165, 1.54) is 6.07 Å². The van der Waals surface area contributed by atoms with Gasteiger partial charge in [0.05, 0.1) is 16.2 Å². The van der Waals surface area contributed by atoms with E-state index in [2.05, 4.69) is 21.2 Å². The zero-order valence-corrected chi connectivity index (χ0v) is 20.4. The van der Waals surface area contributed by atoms with E-state index in [-0.39, 0.29) is 16.9 Å². The minimum Gasteiger partial charge on any atom is -0.378 e. The highest BCUT2D eigenvalue weighted by Crippen LogP contribution is 2.42. The molecule has 8 nitrogen and oxygen atoms in total. The Kier molecular flexibility index (Phi) is 5.49. The van der Waals surface area contributed by atoms with Crippen molar-refractivity contribution in [1.82, 2.24) is 0 Å². The molecule has 4 aromatic carbocycles. The molecule has 4 aromatic rings. The van der Waals surface area contributed by atoms with Gasteiger partial charge >= 0.3 is 0 Å². The lowest BCUT2D eigenvalue weighted by molar-refractivity contribution is -0.383. The number of halogens is 1. The number of amides is 2. The highest BCUT2D eigenvalue weighted by molar-refractivity contribution is 9.10. The second-order valence-electron chi connectivity index (χ2n) is 8.29. The summed E-state index contributed by atoms with van der Waals surface area (Å²) in [6.45, 7) is 0. The van der Waals surface area contributed by atoms with Crippen LogP contribution < -0.4 is 15.1 Å². The van der Waals surface area contributed by atoms with Gasteiger partial charge in [0.25, 0.3) is 17.5 Å². The molecule has 1 N–H and O–H groups in total. The van der Waals surface area contributed by atoms with Crippen LogP contribution in [0.25, 0.3) is 10.8 Å². The van der Waals surface area contributed by atoms with Crippen LogP contribution >= 0.6 is 15.9 Å². The van der Waals surface area contributed by atoms with Crippen molar-refractivity contribution in [3.8, 4) is 0 Å². The van der Waals surface area contributed by atoms with E-state index in [1.807, 2.05) is 31.1 Å². The standard InChI is InChI=1S/C26H19BrN4O4/c1-29(2)17-10-12-18(13-11-17)30-25(32)20-5-3-4-19-23(20)21(26(30)33)14-22(31(34)35)24(19)28-16-8-6-15(27)7-9-16/h3-14,28H,1-2H3. The van der Waals surface area contributed by atoms with Crippen molar-refractivity contribution in [2.24, 2.45) is 0 Å². The van der Waals surface area contributed by atoms with E-state index < -0.39 is 16.7 Å². The molecule has 9 heteroatoms. The first-order chi connectivity index (χ1) is 16.8. The predicted molar refractivity (Wildman–Crippen MR) is 140 cm³/mol. The van der Waals surface area contributed by atoms with Gasteiger partial charge in [-0.2, -0.15) is 0 Å². The lowest BCUT2D eigenvalue weighted by Gasteiger charge is -2.28. The molecule has 0 bridgehead atoms. The molecule has 0 aromatic heterocycles. The van der Waals surface area contributed by atoms with Gasteiger partial charge in [-0.25, -0.2) is 4.90 Å². The number of imide groups is 1. The number of nitrogens with zero attached hydrogens (tertiary/aromatic N) is 3. The van der Waals surface area contributed by atoms with Gasteiger partial charge in [-0.1, -0.05) is 28.1 Å². The van der Waals surface area contributed by atoms with Crippen LogP contribution in [0.4, 0.5) is 28.4 Å². The number of hydrogen-bond acceptors (Lipinski definition) is 6. The molecule has 35 heavy (non-hydrogen) atoms. The zero-order chi connectivity index (χ0) is 24.9. The number of benzene rings is 4. The van der Waals surface area contributed by atoms with Gasteiger partial charge in [0.2, 0.25) is 0 Å². The van der Waals surface area contributed by atoms with Crippen LogP contribution in [0.3, 0.4) is 0 Å². The van der Waals surface area contributed by atoms with E-state index in [9.17, 15) is 19.7 Å². The van der Waals surface area contributed by atoms with Crippen molar-refractivity contribution in [1.29, 1.82) is 0 Å². The van der Waals surface area contributed by atoms with Crippen LogP contribution in [0.5, 0.6) is 0 Å². The van der Waals surface area contributed by atoms with Crippen LogP contribution in [0, 0.1) is 10.1 Å². The molecule has 0 fully saturated rings. The quantitative estimate of drug-likeness (QED) is 0.189. The number of rotatable bonds is 5. The average molecular weight is 531 g/mol. The number of carbonyl (C=O) groups excluding carboxylic acids is 2. The molecular formula is C26H19BrN4O4. The fourth-order valence-electron chi connectivity index (χ4n) is 4.24. The monoisotopic (exact) mass is 530 g/mol. The molecule has 0 radical (unpaired) electrons. The molecule has 5 rings (SSSR count). The Balaban J connectivity index is 1.69.